The maximum atomic E-state index is 13.2. The molecule has 2 aromatic carbocycles. The number of aromatic amines is 1. The quantitative estimate of drug-likeness (QED) is 0.372. The minimum Gasteiger partial charge on any atom is -0.325 e. The number of thioether (sulfide) groups is 1. The molecule has 0 saturated heterocycles. The number of anilines is 1. The number of alkyl halides is 3. The van der Waals surface area contributed by atoms with Crippen LogP contribution >= 0.6 is 23.4 Å². The van der Waals surface area contributed by atoms with E-state index in [1.165, 1.54) is 6.07 Å². The molecule has 1 aliphatic heterocycles. The first-order chi connectivity index (χ1) is 16.2. The van der Waals surface area contributed by atoms with E-state index in [-0.39, 0.29) is 27.2 Å². The summed E-state index contributed by atoms with van der Waals surface area (Å²) in [5.74, 6) is -0.880. The third-order valence-electron chi connectivity index (χ3n) is 5.28. The van der Waals surface area contributed by atoms with Crippen LogP contribution in [-0.4, -0.2) is 33.1 Å². The number of aromatic nitrogens is 2. The van der Waals surface area contributed by atoms with E-state index < -0.39 is 17.6 Å². The fraction of sp³-hybridized carbons (Fsp3) is 0.261. The van der Waals surface area contributed by atoms with Crippen LogP contribution < -0.4 is 10.9 Å². The van der Waals surface area contributed by atoms with Crippen LogP contribution in [0.1, 0.15) is 22.4 Å². The van der Waals surface area contributed by atoms with Gasteiger partial charge in [0.15, 0.2) is 5.16 Å². The first-order valence-electron chi connectivity index (χ1n) is 10.4. The zero-order valence-electron chi connectivity index (χ0n) is 17.8. The Morgan fingerprint density at radius 1 is 1.21 bits per heavy atom. The summed E-state index contributed by atoms with van der Waals surface area (Å²) >= 11 is 6.62. The average molecular weight is 509 g/mol. The van der Waals surface area contributed by atoms with Crippen molar-refractivity contribution in [2.24, 2.45) is 0 Å². The van der Waals surface area contributed by atoms with E-state index in [9.17, 15) is 22.8 Å². The van der Waals surface area contributed by atoms with Gasteiger partial charge in [-0.25, -0.2) is 4.98 Å². The second kappa shape index (κ2) is 10.2. The number of hydrogen-bond acceptors (Lipinski definition) is 5. The molecule has 2 heterocycles. The number of rotatable bonds is 6. The maximum absolute atomic E-state index is 13.2. The molecule has 3 aromatic rings. The van der Waals surface area contributed by atoms with Crippen LogP contribution in [0.3, 0.4) is 0 Å². The molecule has 0 unspecified atom stereocenters. The highest BCUT2D eigenvalue weighted by molar-refractivity contribution is 7.99. The molecule has 1 amide bonds. The molecule has 0 radical (unpaired) electrons. The van der Waals surface area contributed by atoms with Gasteiger partial charge in [0.25, 0.3) is 5.56 Å². The van der Waals surface area contributed by atoms with Crippen molar-refractivity contribution in [3.8, 4) is 0 Å². The summed E-state index contributed by atoms with van der Waals surface area (Å²) in [6.45, 7) is 1.93. The number of nitrogens with zero attached hydrogens (tertiary/aromatic N) is 2. The molecule has 11 heteroatoms. The van der Waals surface area contributed by atoms with Gasteiger partial charge in [0.05, 0.1) is 28.3 Å². The number of H-pyrrole nitrogens is 1. The normalized spacial score (nSPS) is 14.0. The Morgan fingerprint density at radius 2 is 1.97 bits per heavy atom. The van der Waals surface area contributed by atoms with Crippen molar-refractivity contribution in [2.75, 3.05) is 17.6 Å². The van der Waals surface area contributed by atoms with Gasteiger partial charge < -0.3 is 10.3 Å². The monoisotopic (exact) mass is 508 g/mol. The second-order valence-electron chi connectivity index (χ2n) is 7.77. The summed E-state index contributed by atoms with van der Waals surface area (Å²) in [5.41, 5.74) is 0.734. The standard InChI is InChI=1S/C23H20ClF3N4O2S/c24-15-6-7-19(17(10-15)23(25,26)27)28-20(32)13-34-22-29-18-8-9-31(12-16(18)21(33)30-22)11-14-4-2-1-3-5-14/h1-7,10H,8-9,11-13H2,(H,28,32)(H,29,30,33). The van der Waals surface area contributed by atoms with E-state index in [4.69, 9.17) is 11.6 Å². The molecule has 4 rings (SSSR count). The molecule has 0 spiro atoms. The largest absolute Gasteiger partial charge is 0.418 e. The molecule has 1 aromatic heterocycles. The van der Waals surface area contributed by atoms with Gasteiger partial charge >= 0.3 is 6.18 Å². The number of halogens is 4. The highest BCUT2D eigenvalue weighted by Crippen LogP contribution is 2.36. The van der Waals surface area contributed by atoms with Gasteiger partial charge in [-0.15, -0.1) is 0 Å². The van der Waals surface area contributed by atoms with Crippen LogP contribution in [0.4, 0.5) is 18.9 Å². The van der Waals surface area contributed by atoms with E-state index in [0.29, 0.717) is 24.2 Å². The summed E-state index contributed by atoms with van der Waals surface area (Å²) < 4.78 is 39.6. The van der Waals surface area contributed by atoms with Crippen molar-refractivity contribution in [3.05, 3.63) is 86.3 Å². The minimum atomic E-state index is -4.67. The Kier molecular flexibility index (Phi) is 7.30. The first-order valence-corrected chi connectivity index (χ1v) is 11.7. The second-order valence-corrected chi connectivity index (χ2v) is 9.17. The number of hydrogen-bond donors (Lipinski definition) is 2. The topological polar surface area (TPSA) is 78.1 Å². The number of carbonyl (C=O) groups is 1. The van der Waals surface area contributed by atoms with E-state index in [0.717, 1.165) is 42.5 Å². The van der Waals surface area contributed by atoms with E-state index in [1.807, 2.05) is 30.3 Å². The molecule has 0 bridgehead atoms. The van der Waals surface area contributed by atoms with Crippen LogP contribution in [-0.2, 0) is 30.5 Å². The summed E-state index contributed by atoms with van der Waals surface area (Å²) in [5, 5.41) is 2.42. The first kappa shape index (κ1) is 24.3. The number of fused-ring (bicyclic) bond motifs is 1. The molecule has 1 aliphatic rings. The van der Waals surface area contributed by atoms with Gasteiger partial charge in [0.1, 0.15) is 0 Å². The Morgan fingerprint density at radius 3 is 2.71 bits per heavy atom. The third kappa shape index (κ3) is 5.99. The lowest BCUT2D eigenvalue weighted by Gasteiger charge is -2.27. The summed E-state index contributed by atoms with van der Waals surface area (Å²) in [6.07, 6.45) is -4.08. The average Bonchev–Trinajstić information content (AvgIpc) is 2.79. The molecule has 0 saturated carbocycles. The highest BCUT2D eigenvalue weighted by Gasteiger charge is 2.34. The number of amides is 1. The lowest BCUT2D eigenvalue weighted by Crippen LogP contribution is -2.35. The van der Waals surface area contributed by atoms with Crippen LogP contribution in [0.2, 0.25) is 5.02 Å². The van der Waals surface area contributed by atoms with Crippen molar-refractivity contribution in [1.82, 2.24) is 14.9 Å². The summed E-state index contributed by atoms with van der Waals surface area (Å²) in [6, 6.07) is 13.1. The van der Waals surface area contributed by atoms with Gasteiger partial charge in [-0.05, 0) is 23.8 Å². The molecule has 34 heavy (non-hydrogen) atoms. The zero-order valence-corrected chi connectivity index (χ0v) is 19.4. The number of carbonyl (C=O) groups excluding carboxylic acids is 1. The fourth-order valence-corrected chi connectivity index (χ4v) is 4.53. The van der Waals surface area contributed by atoms with Crippen LogP contribution in [0.25, 0.3) is 0 Å². The molecule has 0 atom stereocenters. The van der Waals surface area contributed by atoms with Gasteiger partial charge in [-0.3, -0.25) is 14.5 Å². The van der Waals surface area contributed by atoms with Gasteiger partial charge in [0.2, 0.25) is 5.91 Å². The van der Waals surface area contributed by atoms with Crippen LogP contribution in [0.15, 0.2) is 58.5 Å². The van der Waals surface area contributed by atoms with Gasteiger partial charge in [-0.2, -0.15) is 13.2 Å². The lowest BCUT2D eigenvalue weighted by molar-refractivity contribution is -0.137. The van der Waals surface area contributed by atoms with Crippen molar-refractivity contribution >= 4 is 35.0 Å². The molecule has 2 N–H and O–H groups in total. The Labute approximate surface area is 202 Å². The summed E-state index contributed by atoms with van der Waals surface area (Å²) in [7, 11) is 0. The van der Waals surface area contributed by atoms with Crippen molar-refractivity contribution in [1.29, 1.82) is 0 Å². The maximum Gasteiger partial charge on any atom is 0.418 e. The molecule has 0 aliphatic carbocycles. The molecule has 6 nitrogen and oxygen atoms in total. The summed E-state index contributed by atoms with van der Waals surface area (Å²) in [4.78, 5) is 34.2. The predicted octanol–water partition coefficient (Wildman–Crippen LogP) is 4.73. The fourth-order valence-electron chi connectivity index (χ4n) is 3.68. The van der Waals surface area contributed by atoms with E-state index >= 15 is 0 Å². The Bertz CT molecular complexity index is 1250. The Hall–Kier alpha value is -2.82. The molecular formula is C23H20ClF3N4O2S. The van der Waals surface area contributed by atoms with E-state index in [2.05, 4.69) is 20.2 Å². The number of nitrogens with one attached hydrogen (secondary N) is 2. The zero-order chi connectivity index (χ0) is 24.3. The third-order valence-corrected chi connectivity index (χ3v) is 6.38. The van der Waals surface area contributed by atoms with E-state index in [1.54, 1.807) is 0 Å². The number of benzene rings is 2. The van der Waals surface area contributed by atoms with Gasteiger partial charge in [-0.1, -0.05) is 53.7 Å². The smallest absolute Gasteiger partial charge is 0.325 e. The van der Waals surface area contributed by atoms with Crippen molar-refractivity contribution < 1.29 is 18.0 Å². The Balaban J connectivity index is 1.39. The molecule has 178 valence electrons. The highest BCUT2D eigenvalue weighted by atomic mass is 35.5. The van der Waals surface area contributed by atoms with Crippen molar-refractivity contribution in [3.63, 3.8) is 0 Å². The predicted molar refractivity (Wildman–Crippen MR) is 125 cm³/mol. The minimum absolute atomic E-state index is 0.0853. The van der Waals surface area contributed by atoms with Crippen LogP contribution in [0.5, 0.6) is 0 Å². The SMILES string of the molecule is O=C(CSc1nc2c(c(=O)[nH]1)CN(Cc1ccccc1)CC2)Nc1ccc(Cl)cc1C(F)(F)F. The molecule has 0 fully saturated rings. The lowest BCUT2D eigenvalue weighted by atomic mass is 10.1. The van der Waals surface area contributed by atoms with Gasteiger partial charge in [0, 0.05) is 31.1 Å². The van der Waals surface area contributed by atoms with Crippen molar-refractivity contribution in [2.45, 2.75) is 30.8 Å². The molecular weight excluding hydrogens is 489 g/mol. The van der Waals surface area contributed by atoms with Crippen LogP contribution in [0, 0.1) is 0 Å².